The first-order valence-electron chi connectivity index (χ1n) is 3.31. The average molecular weight is 293 g/mol. The Morgan fingerprint density at radius 1 is 1.62 bits per heavy atom. The summed E-state index contributed by atoms with van der Waals surface area (Å²) < 4.78 is 13.5. The van der Waals surface area contributed by atoms with Crippen molar-refractivity contribution in [1.82, 2.24) is 4.98 Å². The van der Waals surface area contributed by atoms with Gasteiger partial charge in [0.15, 0.2) is 0 Å². The summed E-state index contributed by atoms with van der Waals surface area (Å²) in [5, 5.41) is 8.30. The molecule has 13 heavy (non-hydrogen) atoms. The van der Waals surface area contributed by atoms with Gasteiger partial charge in [0.2, 0.25) is 0 Å². The van der Waals surface area contributed by atoms with Crippen LogP contribution in [0.25, 0.3) is 6.08 Å². The van der Waals surface area contributed by atoms with Crippen molar-refractivity contribution in [3.05, 3.63) is 33.4 Å². The Morgan fingerprint density at radius 3 is 2.92 bits per heavy atom. The molecule has 1 rings (SSSR count). The van der Waals surface area contributed by atoms with E-state index in [9.17, 15) is 9.18 Å². The predicted octanol–water partition coefficient (Wildman–Crippen LogP) is 1.92. The highest BCUT2D eigenvalue weighted by molar-refractivity contribution is 14.1. The molecule has 0 radical (unpaired) electrons. The molecule has 0 atom stereocenters. The van der Waals surface area contributed by atoms with Crippen LogP contribution >= 0.6 is 22.6 Å². The van der Waals surface area contributed by atoms with Crippen LogP contribution in [-0.4, -0.2) is 16.1 Å². The van der Waals surface area contributed by atoms with Gasteiger partial charge in [-0.2, -0.15) is 0 Å². The molecule has 0 saturated heterocycles. The second kappa shape index (κ2) is 4.31. The smallest absolute Gasteiger partial charge is 0.328 e. The van der Waals surface area contributed by atoms with Crippen molar-refractivity contribution >= 4 is 34.6 Å². The molecule has 0 fully saturated rings. The molecule has 0 amide bonds. The molecule has 0 spiro atoms. The molecule has 0 aliphatic rings. The van der Waals surface area contributed by atoms with Crippen LogP contribution < -0.4 is 0 Å². The molecular weight excluding hydrogens is 288 g/mol. The van der Waals surface area contributed by atoms with E-state index in [1.54, 1.807) is 22.6 Å². The zero-order chi connectivity index (χ0) is 9.84. The Hall–Kier alpha value is -0.980. The van der Waals surface area contributed by atoms with Gasteiger partial charge < -0.3 is 5.11 Å². The number of pyridine rings is 1. The Labute approximate surface area is 87.4 Å². The maximum absolute atomic E-state index is 13.2. The lowest BCUT2D eigenvalue weighted by atomic mass is 10.2. The second-order valence-electron chi connectivity index (χ2n) is 2.20. The van der Waals surface area contributed by atoms with Crippen molar-refractivity contribution in [2.24, 2.45) is 0 Å². The summed E-state index contributed by atoms with van der Waals surface area (Å²) in [6.45, 7) is 0. The summed E-state index contributed by atoms with van der Waals surface area (Å²) >= 11 is 1.79. The van der Waals surface area contributed by atoms with Crippen LogP contribution in [0.1, 0.15) is 5.56 Å². The molecule has 0 aromatic carbocycles. The third-order valence-electron chi connectivity index (χ3n) is 1.27. The minimum atomic E-state index is -1.11. The first kappa shape index (κ1) is 10.1. The highest BCUT2D eigenvalue weighted by Crippen LogP contribution is 2.14. The van der Waals surface area contributed by atoms with Crippen molar-refractivity contribution < 1.29 is 14.3 Å². The standard InChI is InChI=1S/C8H5FINO2/c9-8-5(1-2-7(12)13)3-11-4-6(8)10/h1-4H,(H,12,13)/b2-1+. The number of aromatic nitrogens is 1. The fourth-order valence-electron chi connectivity index (χ4n) is 0.712. The number of hydrogen-bond donors (Lipinski definition) is 1. The first-order chi connectivity index (χ1) is 6.11. The fourth-order valence-corrected chi connectivity index (χ4v) is 1.18. The third kappa shape index (κ3) is 2.76. The van der Waals surface area contributed by atoms with Gasteiger partial charge in [-0.15, -0.1) is 0 Å². The van der Waals surface area contributed by atoms with Crippen molar-refractivity contribution in [2.75, 3.05) is 0 Å². The van der Waals surface area contributed by atoms with Gasteiger partial charge >= 0.3 is 5.97 Å². The van der Waals surface area contributed by atoms with Crippen LogP contribution in [0.4, 0.5) is 4.39 Å². The van der Waals surface area contributed by atoms with Gasteiger partial charge in [0.05, 0.1) is 3.57 Å². The molecule has 0 aliphatic heterocycles. The van der Waals surface area contributed by atoms with Crippen molar-refractivity contribution in [3.63, 3.8) is 0 Å². The Kier molecular flexibility index (Phi) is 3.35. The largest absolute Gasteiger partial charge is 0.478 e. The summed E-state index contributed by atoms with van der Waals surface area (Å²) in [5.74, 6) is -1.56. The number of hydrogen-bond acceptors (Lipinski definition) is 2. The highest BCUT2D eigenvalue weighted by Gasteiger charge is 2.03. The summed E-state index contributed by atoms with van der Waals surface area (Å²) in [5.41, 5.74) is 0.175. The number of rotatable bonds is 2. The Balaban J connectivity index is 3.02. The van der Waals surface area contributed by atoms with Crippen molar-refractivity contribution in [3.8, 4) is 0 Å². The quantitative estimate of drug-likeness (QED) is 0.669. The number of nitrogens with zero attached hydrogens (tertiary/aromatic N) is 1. The lowest BCUT2D eigenvalue weighted by Crippen LogP contribution is -1.91. The zero-order valence-electron chi connectivity index (χ0n) is 6.37. The number of halogens is 2. The van der Waals surface area contributed by atoms with Crippen LogP contribution in [-0.2, 0) is 4.79 Å². The van der Waals surface area contributed by atoms with Crippen molar-refractivity contribution in [2.45, 2.75) is 0 Å². The van der Waals surface area contributed by atoms with Crippen LogP contribution in [0.5, 0.6) is 0 Å². The molecule has 1 aromatic rings. The van der Waals surface area contributed by atoms with E-state index < -0.39 is 11.8 Å². The highest BCUT2D eigenvalue weighted by atomic mass is 127. The molecule has 1 heterocycles. The summed E-state index contributed by atoms with van der Waals surface area (Å²) in [6.07, 6.45) is 4.69. The lowest BCUT2D eigenvalue weighted by molar-refractivity contribution is -0.131. The molecular formula is C8H5FINO2. The molecule has 1 aromatic heterocycles. The topological polar surface area (TPSA) is 50.2 Å². The van der Waals surface area contributed by atoms with E-state index >= 15 is 0 Å². The third-order valence-corrected chi connectivity index (χ3v) is 2.02. The minimum Gasteiger partial charge on any atom is -0.478 e. The van der Waals surface area contributed by atoms with E-state index in [4.69, 9.17) is 5.11 Å². The Morgan fingerprint density at radius 2 is 2.31 bits per heavy atom. The summed E-state index contributed by atoms with van der Waals surface area (Å²) in [6, 6.07) is 0. The van der Waals surface area contributed by atoms with Gasteiger partial charge in [0, 0.05) is 24.0 Å². The molecule has 1 N–H and O–H groups in total. The van der Waals surface area contributed by atoms with Gasteiger partial charge in [-0.25, -0.2) is 9.18 Å². The summed E-state index contributed by atoms with van der Waals surface area (Å²) in [7, 11) is 0. The monoisotopic (exact) mass is 293 g/mol. The van der Waals surface area contributed by atoms with E-state index in [2.05, 4.69) is 4.98 Å². The van der Waals surface area contributed by atoms with E-state index in [0.29, 0.717) is 3.57 Å². The average Bonchev–Trinajstić information content (AvgIpc) is 2.07. The Bertz CT molecular complexity index is 365. The maximum atomic E-state index is 13.2. The second-order valence-corrected chi connectivity index (χ2v) is 3.36. The number of aliphatic carboxylic acids is 1. The molecule has 0 unspecified atom stereocenters. The normalized spacial score (nSPS) is 10.6. The zero-order valence-corrected chi connectivity index (χ0v) is 8.53. The molecule has 0 saturated carbocycles. The first-order valence-corrected chi connectivity index (χ1v) is 4.39. The number of carbonyl (C=O) groups is 1. The van der Waals surface area contributed by atoms with Crippen LogP contribution in [0, 0.1) is 9.39 Å². The number of carboxylic acids is 1. The molecule has 0 aliphatic carbocycles. The van der Waals surface area contributed by atoms with Gasteiger partial charge in [0.1, 0.15) is 5.82 Å². The van der Waals surface area contributed by atoms with E-state index in [-0.39, 0.29) is 5.56 Å². The van der Waals surface area contributed by atoms with E-state index in [1.165, 1.54) is 18.5 Å². The lowest BCUT2D eigenvalue weighted by Gasteiger charge is -1.96. The maximum Gasteiger partial charge on any atom is 0.328 e. The molecule has 5 heteroatoms. The SMILES string of the molecule is O=C(O)/C=C/c1cncc(I)c1F. The molecule has 3 nitrogen and oxygen atoms in total. The van der Waals surface area contributed by atoms with Crippen LogP contribution in [0.2, 0.25) is 0 Å². The fraction of sp³-hybridized carbons (Fsp3) is 0. The minimum absolute atomic E-state index is 0.175. The predicted molar refractivity (Wildman–Crippen MR) is 53.6 cm³/mol. The molecule has 0 bridgehead atoms. The van der Waals surface area contributed by atoms with E-state index in [0.717, 1.165) is 6.08 Å². The van der Waals surface area contributed by atoms with Gasteiger partial charge in [0.25, 0.3) is 0 Å². The number of carboxylic acid groups (broad SMARTS) is 1. The molecule has 68 valence electrons. The van der Waals surface area contributed by atoms with Gasteiger partial charge in [-0.05, 0) is 28.7 Å². The van der Waals surface area contributed by atoms with Gasteiger partial charge in [-0.1, -0.05) is 0 Å². The summed E-state index contributed by atoms with van der Waals surface area (Å²) in [4.78, 5) is 13.9. The van der Waals surface area contributed by atoms with Crippen molar-refractivity contribution in [1.29, 1.82) is 0 Å². The van der Waals surface area contributed by atoms with Crippen LogP contribution in [0.3, 0.4) is 0 Å². The van der Waals surface area contributed by atoms with E-state index in [1.807, 2.05) is 0 Å². The van der Waals surface area contributed by atoms with Crippen LogP contribution in [0.15, 0.2) is 18.5 Å². The van der Waals surface area contributed by atoms with Gasteiger partial charge in [-0.3, -0.25) is 4.98 Å².